The first-order chi connectivity index (χ1) is 57.6. The van der Waals surface area contributed by atoms with Gasteiger partial charge in [0.25, 0.3) is 11.5 Å². The van der Waals surface area contributed by atoms with Crippen molar-refractivity contribution in [1.29, 1.82) is 0 Å². The van der Waals surface area contributed by atoms with Gasteiger partial charge in [-0.2, -0.15) is 49.2 Å². The van der Waals surface area contributed by atoms with Gasteiger partial charge in [-0.25, -0.2) is 0 Å². The van der Waals surface area contributed by atoms with Crippen molar-refractivity contribution in [2.24, 2.45) is 0 Å². The van der Waals surface area contributed by atoms with E-state index in [-0.39, 0.29) is 75.2 Å². The Morgan fingerprint density at radius 2 is 0.528 bits per heavy atom. The number of benzene rings is 12. The van der Waals surface area contributed by atoms with Crippen molar-refractivity contribution in [2.75, 3.05) is 13.2 Å². The first-order valence-electron chi connectivity index (χ1n) is 43.2. The molecule has 0 aliphatic heterocycles. The van der Waals surface area contributed by atoms with E-state index in [4.69, 9.17) is 9.47 Å². The molecule has 0 saturated carbocycles. The second kappa shape index (κ2) is 35.6. The zero-order valence-electron chi connectivity index (χ0n) is 76.2. The molecule has 4 heterocycles. The fraction of sp³-hybridized carbons (Fsp3) is 0.281. The van der Waals surface area contributed by atoms with Crippen LogP contribution in [0.5, 0.6) is 23.0 Å². The van der Waals surface area contributed by atoms with Crippen LogP contribution in [0.1, 0.15) is 208 Å². The van der Waals surface area contributed by atoms with Crippen LogP contribution in [0.15, 0.2) is 272 Å². The van der Waals surface area contributed by atoms with Crippen LogP contribution >= 0.6 is 22.7 Å². The number of unbranched alkanes of at least 4 members (excludes halogenated alkanes) is 1. The maximum absolute atomic E-state index is 12.8. The third-order valence-electron chi connectivity index (χ3n) is 23.7. The van der Waals surface area contributed by atoms with Crippen molar-refractivity contribution in [3.8, 4) is 99.8 Å². The van der Waals surface area contributed by atoms with Crippen LogP contribution in [0, 0.1) is 13.8 Å². The Bertz CT molecular complexity index is 6210. The second-order valence-electron chi connectivity index (χ2n) is 40.4. The molecule has 0 amide bonds. The molecule has 0 atom stereocenters. The molecule has 0 aliphatic rings. The molecule has 4 aromatic heterocycles. The molecule has 0 aliphatic carbocycles. The molecule has 0 spiro atoms. The standard InChI is InChI=1S/C100H108N2O4S2.2C7H7.Hf/c1-94(2,3)69-30-28-29-61(45-69)62-35-39-84-78(52-62)79-53-63(66-46-70(95(4,5)6)56-71(47-66)96(7,8)9)36-40-85(79)101(84)92-90(103)82(59-107-92)76-31-22-24-33-88(76)105-43-26-27-44-106-89-34-25-23-32-77(89)83-60-108-93(91(83)104)102-86-41-37-64(67-48-72(97(10,11)12)57-73(49-67)98(13,14)15)54-80(86)81-55-65(38-42-87(81)102)68-50-74(99(16,17)18)58-75(51-68)100(19,20)21;2*1-7-5-3-2-4-6-7;/h22-25,28-42,45-60,103-104H,26-27,43-44H2,1-21H3;2*2-6H,1H2;/q;2*-1;/p+2. The van der Waals surface area contributed by atoms with Crippen molar-refractivity contribution in [1.82, 2.24) is 9.13 Å². The summed E-state index contributed by atoms with van der Waals surface area (Å²) < 4.78 is 15.0. The molecule has 0 unspecified atom stereocenters. The van der Waals surface area contributed by atoms with E-state index < -0.39 is 0 Å². The molecule has 0 fully saturated rings. The zero-order chi connectivity index (χ0) is 87.3. The zero-order valence-corrected chi connectivity index (χ0v) is 81.4. The summed E-state index contributed by atoms with van der Waals surface area (Å²) in [6, 6.07) is 94.1. The average molecular weight is 1830 g/mol. The summed E-state index contributed by atoms with van der Waals surface area (Å²) in [6.45, 7) is 56.9. The molecule has 123 heavy (non-hydrogen) atoms. The van der Waals surface area contributed by atoms with Crippen molar-refractivity contribution in [3.63, 3.8) is 0 Å². The minimum absolute atomic E-state index is 0. The van der Waals surface area contributed by atoms with Gasteiger partial charge < -0.3 is 19.7 Å². The summed E-state index contributed by atoms with van der Waals surface area (Å²) in [5, 5.41) is 35.7. The first-order valence-corrected chi connectivity index (χ1v) is 45.0. The Morgan fingerprint density at radius 1 is 0.268 bits per heavy atom. The summed E-state index contributed by atoms with van der Waals surface area (Å²) in [4.78, 5) is 0. The first kappa shape index (κ1) is 90.2. The number of fused-ring (bicyclic) bond motifs is 6. The van der Waals surface area contributed by atoms with Gasteiger partial charge in [0.15, 0.2) is 24.7 Å². The molecule has 16 aromatic rings. The van der Waals surface area contributed by atoms with E-state index >= 15 is 0 Å². The molecule has 630 valence electrons. The van der Waals surface area contributed by atoms with Gasteiger partial charge in [0, 0.05) is 94.2 Å². The normalized spacial score (nSPS) is 12.3. The van der Waals surface area contributed by atoms with Gasteiger partial charge in [0.05, 0.1) is 33.2 Å². The van der Waals surface area contributed by atoms with E-state index in [1.807, 2.05) is 84.9 Å². The van der Waals surface area contributed by atoms with Gasteiger partial charge in [0.2, 0.25) is 0 Å². The number of aliphatic hydroxyl groups is 2. The predicted octanol–water partition coefficient (Wildman–Crippen LogP) is 32.2. The summed E-state index contributed by atoms with van der Waals surface area (Å²) in [5.74, 6) is 2.16. The van der Waals surface area contributed by atoms with Crippen LogP contribution in [-0.4, -0.2) is 42.0 Å². The van der Waals surface area contributed by atoms with Crippen LogP contribution in [-0.2, 0) is 63.7 Å². The smallest absolute Gasteiger partial charge is 0.262 e. The van der Waals surface area contributed by atoms with E-state index in [2.05, 4.69) is 355 Å². The maximum Gasteiger partial charge on any atom is 0.262 e. The number of hydrogen-bond acceptors (Lipinski definition) is 4. The number of aromatic nitrogens is 2. The Morgan fingerprint density at radius 3 is 0.805 bits per heavy atom. The van der Waals surface area contributed by atoms with Crippen molar-refractivity contribution in [3.05, 3.63) is 336 Å². The monoisotopic (exact) mass is 1830 g/mol. The predicted molar refractivity (Wildman–Crippen MR) is 528 cm³/mol. The molecule has 4 N–H and O–H groups in total. The van der Waals surface area contributed by atoms with Crippen LogP contribution in [0.3, 0.4) is 0 Å². The minimum atomic E-state index is -0.0359. The van der Waals surface area contributed by atoms with Crippen LogP contribution in [0.2, 0.25) is 0 Å². The van der Waals surface area contributed by atoms with E-state index in [0.29, 0.717) is 13.2 Å². The molecular formula is C114H124HfN2O4S2. The number of hydrogen-bond donors (Lipinski definition) is 2. The molecule has 0 bridgehead atoms. The molecular weight excluding hydrogens is 1700 g/mol. The third kappa shape index (κ3) is 20.0. The van der Waals surface area contributed by atoms with Crippen LogP contribution < -0.4 is 0 Å². The summed E-state index contributed by atoms with van der Waals surface area (Å²) in [5.41, 5.74) is 28.1. The number of nitrogens with zero attached hydrogens (tertiary/aromatic N) is 2. The van der Waals surface area contributed by atoms with Crippen molar-refractivity contribution in [2.45, 2.75) is 196 Å². The second-order valence-corrected chi connectivity index (χ2v) is 42.1. The Kier molecular flexibility index (Phi) is 26.1. The number of aromatic hydroxyl groups is 4. The van der Waals surface area contributed by atoms with Gasteiger partial charge >= 0.3 is 0 Å². The molecule has 16 rings (SSSR count). The average Bonchev–Trinajstić information content (AvgIpc) is 1.58. The molecule has 6 nitrogen and oxygen atoms in total. The topological polar surface area (TPSA) is 75.9 Å². The van der Waals surface area contributed by atoms with Crippen LogP contribution in [0.25, 0.3) is 120 Å². The van der Waals surface area contributed by atoms with Crippen LogP contribution in [0.4, 0.5) is 0 Å². The Hall–Kier alpha value is -10.5. The molecule has 0 saturated heterocycles. The van der Waals surface area contributed by atoms with E-state index in [9.17, 15) is 10.2 Å². The van der Waals surface area contributed by atoms with Crippen molar-refractivity contribution < 1.29 is 45.5 Å². The SMILES string of the molecule is CC(C)(C)c1cccc(-c2ccc3c(c2)c2cc(-c4cc(C(C)(C)C)cc(C(C)(C)C)c4)ccc2n3-c2scc(-c3ccccc3[OH+]CCCC[OH+]c3ccccc3-c3csc(-n4c5ccc(-c6cc(C(C)(C)C)cc(C(C)(C)C)c6)cc5c5cc(-c6cc(C(C)(C)C)cc(C(C)(C)C)c6)ccc54)c3O)c2O)c1.[CH2-]c1ccccc1.[CH2-]c1ccccc1.[Hf]. The van der Waals surface area contributed by atoms with Gasteiger partial charge in [0.1, 0.15) is 10.0 Å². The van der Waals surface area contributed by atoms with Gasteiger partial charge in [-0.15, -0.1) is 46.9 Å². The maximum atomic E-state index is 12.8. The van der Waals surface area contributed by atoms with Gasteiger partial charge in [-0.3, -0.25) is 9.13 Å². The summed E-state index contributed by atoms with van der Waals surface area (Å²) in [7, 11) is 0. The quantitative estimate of drug-likeness (QED) is 0.0464. The third-order valence-corrected chi connectivity index (χ3v) is 25.6. The van der Waals surface area contributed by atoms with E-state index in [1.54, 1.807) is 22.7 Å². The van der Waals surface area contributed by atoms with Crippen molar-refractivity contribution >= 4 is 66.3 Å². The van der Waals surface area contributed by atoms with E-state index in [1.165, 1.54) is 77.9 Å². The number of para-hydroxylation sites is 2. The number of thiophene rings is 2. The summed E-state index contributed by atoms with van der Waals surface area (Å²) in [6.07, 6.45) is 1.63. The Balaban J connectivity index is 0.000000789. The molecule has 0 radical (unpaired) electrons. The van der Waals surface area contributed by atoms with Gasteiger partial charge in [-0.1, -0.05) is 285 Å². The largest absolute Gasteiger partial charge is 0.582 e. The molecule has 12 aromatic carbocycles. The minimum Gasteiger partial charge on any atom is -0.582 e. The number of ether oxygens (including phenoxy) is 2. The number of rotatable bonds is 15. The Labute approximate surface area is 759 Å². The van der Waals surface area contributed by atoms with Gasteiger partial charge in [-0.05, 0) is 182 Å². The summed E-state index contributed by atoms with van der Waals surface area (Å²) >= 11 is 3.13. The molecule has 9 heteroatoms. The van der Waals surface area contributed by atoms with E-state index in [0.717, 1.165) is 117 Å². The fourth-order valence-electron chi connectivity index (χ4n) is 16.0. The fourth-order valence-corrected chi connectivity index (χ4v) is 18.0.